The molecule has 1 atom stereocenters. The van der Waals surface area contributed by atoms with Gasteiger partial charge in [0.15, 0.2) is 11.5 Å². The largest absolute Gasteiger partial charge is 0.462 e. The number of nitrogens with one attached hydrogen (secondary N) is 1. The van der Waals surface area contributed by atoms with E-state index in [1.165, 1.54) is 17.4 Å². The number of anilines is 1. The number of carbonyl (C=O) groups excluding carboxylic acids is 3. The maximum Gasteiger partial charge on any atom is 0.341 e. The minimum Gasteiger partial charge on any atom is -0.462 e. The molecule has 1 amide bonds. The van der Waals surface area contributed by atoms with E-state index < -0.39 is 23.9 Å². The van der Waals surface area contributed by atoms with Gasteiger partial charge in [0.25, 0.3) is 5.91 Å². The highest BCUT2D eigenvalue weighted by Gasteiger charge is 2.30. The molecule has 0 spiro atoms. The van der Waals surface area contributed by atoms with Gasteiger partial charge in [0.1, 0.15) is 10.6 Å². The summed E-state index contributed by atoms with van der Waals surface area (Å²) in [4.78, 5) is 39.6. The Hall–Kier alpha value is -4.63. The van der Waals surface area contributed by atoms with Crippen LogP contribution in [-0.2, 0) is 14.3 Å². The standard InChI is InChI=1S/C29H23NO7S/c1-2-34-29(33)24-21(18-9-5-3-6-10-18)16-38-27(24)30-26(31)25(19-11-7-4-8-12-19)37-28(32)20-13-14-22-23(15-20)36-17-35-22/h3-16,25H,2,17H2,1H3,(H,30,31). The smallest absolute Gasteiger partial charge is 0.341 e. The molecule has 1 aliphatic heterocycles. The van der Waals surface area contributed by atoms with Crippen molar-refractivity contribution in [1.29, 1.82) is 0 Å². The fourth-order valence-corrected chi connectivity index (χ4v) is 4.92. The van der Waals surface area contributed by atoms with Gasteiger partial charge in [-0.1, -0.05) is 60.7 Å². The Morgan fingerprint density at radius 1 is 0.921 bits per heavy atom. The number of fused-ring (bicyclic) bond motifs is 1. The number of thiophene rings is 1. The van der Waals surface area contributed by atoms with Gasteiger partial charge in [-0.2, -0.15) is 0 Å². The summed E-state index contributed by atoms with van der Waals surface area (Å²) < 4.78 is 21.6. The molecule has 9 heteroatoms. The Morgan fingerprint density at radius 2 is 1.63 bits per heavy atom. The van der Waals surface area contributed by atoms with Crippen LogP contribution in [0.1, 0.15) is 39.3 Å². The van der Waals surface area contributed by atoms with Gasteiger partial charge in [0.2, 0.25) is 12.9 Å². The predicted octanol–water partition coefficient (Wildman–Crippen LogP) is 5.86. The lowest BCUT2D eigenvalue weighted by Gasteiger charge is -2.18. The summed E-state index contributed by atoms with van der Waals surface area (Å²) in [7, 11) is 0. The van der Waals surface area contributed by atoms with Crippen molar-refractivity contribution in [3.8, 4) is 22.6 Å². The summed E-state index contributed by atoms with van der Waals surface area (Å²) in [5.41, 5.74) is 2.36. The van der Waals surface area contributed by atoms with E-state index in [0.717, 1.165) is 5.56 Å². The molecule has 1 aliphatic rings. The SMILES string of the molecule is CCOC(=O)c1c(-c2ccccc2)csc1NC(=O)C(OC(=O)c1ccc2c(c1)OCO2)c1ccccc1. The molecule has 0 bridgehead atoms. The highest BCUT2D eigenvalue weighted by atomic mass is 32.1. The number of rotatable bonds is 8. The van der Waals surface area contributed by atoms with Gasteiger partial charge in [-0.15, -0.1) is 11.3 Å². The molecule has 1 N–H and O–H groups in total. The third-order valence-corrected chi connectivity index (χ3v) is 6.66. The first kappa shape index (κ1) is 25.0. The zero-order valence-corrected chi connectivity index (χ0v) is 21.2. The predicted molar refractivity (Wildman–Crippen MR) is 142 cm³/mol. The molecule has 2 heterocycles. The summed E-state index contributed by atoms with van der Waals surface area (Å²) in [6, 6.07) is 22.7. The molecular weight excluding hydrogens is 506 g/mol. The van der Waals surface area contributed by atoms with Gasteiger partial charge in [0.05, 0.1) is 12.2 Å². The topological polar surface area (TPSA) is 100 Å². The fourth-order valence-electron chi connectivity index (χ4n) is 3.96. The summed E-state index contributed by atoms with van der Waals surface area (Å²) in [6.45, 7) is 1.96. The molecule has 0 saturated carbocycles. The van der Waals surface area contributed by atoms with Crippen LogP contribution >= 0.6 is 11.3 Å². The van der Waals surface area contributed by atoms with Gasteiger partial charge in [-0.25, -0.2) is 9.59 Å². The molecule has 1 aromatic heterocycles. The van der Waals surface area contributed by atoms with Crippen LogP contribution < -0.4 is 14.8 Å². The van der Waals surface area contributed by atoms with Crippen LogP contribution in [0.2, 0.25) is 0 Å². The Balaban J connectivity index is 1.45. The summed E-state index contributed by atoms with van der Waals surface area (Å²) >= 11 is 1.19. The van der Waals surface area contributed by atoms with E-state index in [2.05, 4.69) is 5.32 Å². The average Bonchev–Trinajstić information content (AvgIpc) is 3.59. The molecule has 0 radical (unpaired) electrons. The van der Waals surface area contributed by atoms with Crippen molar-refractivity contribution in [3.05, 3.63) is 101 Å². The lowest BCUT2D eigenvalue weighted by Crippen LogP contribution is -2.26. The third-order valence-electron chi connectivity index (χ3n) is 5.77. The Kier molecular flexibility index (Phi) is 7.37. The van der Waals surface area contributed by atoms with E-state index in [1.807, 2.05) is 30.3 Å². The monoisotopic (exact) mass is 529 g/mol. The molecule has 1 unspecified atom stereocenters. The lowest BCUT2D eigenvalue weighted by atomic mass is 10.0. The Bertz CT molecular complexity index is 1470. The highest BCUT2D eigenvalue weighted by Crippen LogP contribution is 2.37. The van der Waals surface area contributed by atoms with Crippen molar-refractivity contribution in [3.63, 3.8) is 0 Å². The van der Waals surface area contributed by atoms with Crippen LogP contribution in [-0.4, -0.2) is 31.2 Å². The fraction of sp³-hybridized carbons (Fsp3) is 0.138. The van der Waals surface area contributed by atoms with E-state index >= 15 is 0 Å². The average molecular weight is 530 g/mol. The molecular formula is C29H23NO7S. The maximum absolute atomic E-state index is 13.6. The molecule has 0 saturated heterocycles. The van der Waals surface area contributed by atoms with Crippen molar-refractivity contribution in [1.82, 2.24) is 0 Å². The molecule has 3 aromatic carbocycles. The van der Waals surface area contributed by atoms with Crippen LogP contribution in [0.4, 0.5) is 5.00 Å². The second kappa shape index (κ2) is 11.2. The second-order valence-corrected chi connectivity index (χ2v) is 9.07. The van der Waals surface area contributed by atoms with Gasteiger partial charge in [-0.3, -0.25) is 4.79 Å². The Labute approximate surface area is 222 Å². The first-order valence-electron chi connectivity index (χ1n) is 11.9. The summed E-state index contributed by atoms with van der Waals surface area (Å²) in [6.07, 6.45) is -1.29. The minimum absolute atomic E-state index is 0.0669. The van der Waals surface area contributed by atoms with Crippen LogP contribution in [0.15, 0.2) is 84.2 Å². The van der Waals surface area contributed by atoms with E-state index in [0.29, 0.717) is 27.6 Å². The number of hydrogen-bond acceptors (Lipinski definition) is 8. The van der Waals surface area contributed by atoms with Crippen LogP contribution in [0.3, 0.4) is 0 Å². The van der Waals surface area contributed by atoms with Crippen molar-refractivity contribution in [2.75, 3.05) is 18.7 Å². The van der Waals surface area contributed by atoms with E-state index in [-0.39, 0.29) is 24.5 Å². The van der Waals surface area contributed by atoms with E-state index in [4.69, 9.17) is 18.9 Å². The zero-order valence-electron chi connectivity index (χ0n) is 20.3. The van der Waals surface area contributed by atoms with Gasteiger partial charge < -0.3 is 24.3 Å². The molecule has 8 nitrogen and oxygen atoms in total. The van der Waals surface area contributed by atoms with Gasteiger partial charge in [0, 0.05) is 16.5 Å². The van der Waals surface area contributed by atoms with Crippen LogP contribution in [0.25, 0.3) is 11.1 Å². The van der Waals surface area contributed by atoms with E-state index in [1.54, 1.807) is 54.8 Å². The normalized spacial score (nSPS) is 12.4. The summed E-state index contributed by atoms with van der Waals surface area (Å²) in [5.74, 6) is -0.938. The number of benzene rings is 3. The number of esters is 2. The Morgan fingerprint density at radius 3 is 2.37 bits per heavy atom. The van der Waals surface area contributed by atoms with Crippen molar-refractivity contribution < 1.29 is 33.3 Å². The maximum atomic E-state index is 13.6. The molecule has 192 valence electrons. The lowest BCUT2D eigenvalue weighted by molar-refractivity contribution is -0.125. The number of amides is 1. The molecule has 0 aliphatic carbocycles. The van der Waals surface area contributed by atoms with Crippen molar-refractivity contribution in [2.24, 2.45) is 0 Å². The third kappa shape index (κ3) is 5.23. The second-order valence-electron chi connectivity index (χ2n) is 8.19. The highest BCUT2D eigenvalue weighted by molar-refractivity contribution is 7.15. The van der Waals surface area contributed by atoms with Crippen molar-refractivity contribution >= 4 is 34.2 Å². The number of ether oxygens (including phenoxy) is 4. The first-order chi connectivity index (χ1) is 18.5. The summed E-state index contributed by atoms with van der Waals surface area (Å²) in [5, 5.41) is 4.88. The molecule has 4 aromatic rings. The number of hydrogen-bond donors (Lipinski definition) is 1. The quantitative estimate of drug-likeness (QED) is 0.286. The van der Waals surface area contributed by atoms with E-state index in [9.17, 15) is 14.4 Å². The molecule has 0 fully saturated rings. The van der Waals surface area contributed by atoms with Gasteiger partial charge >= 0.3 is 11.9 Å². The number of carbonyl (C=O) groups is 3. The van der Waals surface area contributed by atoms with Gasteiger partial charge in [-0.05, 0) is 30.7 Å². The zero-order chi connectivity index (χ0) is 26.5. The van der Waals surface area contributed by atoms with Crippen LogP contribution in [0.5, 0.6) is 11.5 Å². The minimum atomic E-state index is -1.29. The molecule has 5 rings (SSSR count). The first-order valence-corrected chi connectivity index (χ1v) is 12.7. The van der Waals surface area contributed by atoms with Crippen molar-refractivity contribution in [2.45, 2.75) is 13.0 Å². The molecule has 38 heavy (non-hydrogen) atoms. The van der Waals surface area contributed by atoms with Crippen LogP contribution in [0, 0.1) is 0 Å².